The van der Waals surface area contributed by atoms with Crippen molar-refractivity contribution >= 4 is 21.9 Å². The number of ether oxygens (including phenoxy) is 1. The van der Waals surface area contributed by atoms with Crippen molar-refractivity contribution in [3.63, 3.8) is 0 Å². The highest BCUT2D eigenvalue weighted by Crippen LogP contribution is 2.13. The van der Waals surface area contributed by atoms with Crippen LogP contribution in [0.25, 0.3) is 0 Å². The third-order valence-electron chi connectivity index (χ3n) is 1.70. The van der Waals surface area contributed by atoms with E-state index in [0.717, 1.165) is 0 Å². The van der Waals surface area contributed by atoms with E-state index in [0.29, 0.717) is 4.60 Å². The Kier molecular flexibility index (Phi) is 4.19. The number of alkyl halides is 2. The summed E-state index contributed by atoms with van der Waals surface area (Å²) in [7, 11) is 1.22. The zero-order valence-electron chi connectivity index (χ0n) is 7.91. The van der Waals surface area contributed by atoms with E-state index in [-0.39, 0.29) is 18.7 Å². The molecule has 0 radical (unpaired) electrons. The van der Waals surface area contributed by atoms with E-state index in [1.807, 2.05) is 0 Å². The molecule has 0 N–H and O–H groups in total. The minimum Gasteiger partial charge on any atom is -0.464 e. The van der Waals surface area contributed by atoms with Gasteiger partial charge in [0.05, 0.1) is 7.11 Å². The van der Waals surface area contributed by atoms with E-state index < -0.39 is 12.4 Å². The molecule has 0 saturated carbocycles. The van der Waals surface area contributed by atoms with E-state index in [4.69, 9.17) is 0 Å². The van der Waals surface area contributed by atoms with Crippen molar-refractivity contribution in [1.82, 2.24) is 9.78 Å². The summed E-state index contributed by atoms with van der Waals surface area (Å²) in [5.74, 6) is -0.595. The van der Waals surface area contributed by atoms with Gasteiger partial charge < -0.3 is 4.74 Å². The quantitative estimate of drug-likeness (QED) is 0.795. The van der Waals surface area contributed by atoms with Gasteiger partial charge in [0.15, 0.2) is 0 Å². The van der Waals surface area contributed by atoms with Crippen LogP contribution in [0.3, 0.4) is 0 Å². The summed E-state index contributed by atoms with van der Waals surface area (Å²) >= 11 is 3.06. The summed E-state index contributed by atoms with van der Waals surface area (Å²) in [6.45, 7) is -0.0201. The van der Waals surface area contributed by atoms with Crippen molar-refractivity contribution in [2.75, 3.05) is 7.11 Å². The average Bonchev–Trinajstić information content (AvgIpc) is 2.55. The lowest BCUT2D eigenvalue weighted by Gasteiger charge is -2.04. The maximum atomic E-state index is 12.0. The molecule has 0 aliphatic heterocycles. The lowest BCUT2D eigenvalue weighted by Crippen LogP contribution is -2.13. The second-order valence-corrected chi connectivity index (χ2v) is 3.56. The number of esters is 1. The minimum absolute atomic E-state index is 0.0201. The zero-order valence-corrected chi connectivity index (χ0v) is 9.50. The largest absolute Gasteiger partial charge is 0.464 e. The standard InChI is InChI=1S/C8H9BrF2N2O2/c1-15-8(14)5-4-6(9)12-13(5)3-2-7(10)11/h4,7H,2-3H2,1H3. The molecule has 1 rings (SSSR count). The van der Waals surface area contributed by atoms with E-state index in [1.165, 1.54) is 17.9 Å². The number of carbonyl (C=O) groups is 1. The van der Waals surface area contributed by atoms with Crippen molar-refractivity contribution in [3.8, 4) is 0 Å². The maximum Gasteiger partial charge on any atom is 0.356 e. The molecule has 0 aliphatic carbocycles. The van der Waals surface area contributed by atoms with Gasteiger partial charge in [-0.1, -0.05) is 0 Å². The van der Waals surface area contributed by atoms with Gasteiger partial charge in [-0.25, -0.2) is 13.6 Å². The number of hydrogen-bond donors (Lipinski definition) is 0. The van der Waals surface area contributed by atoms with E-state index in [1.54, 1.807) is 0 Å². The summed E-state index contributed by atoms with van der Waals surface area (Å²) < 4.78 is 30.0. The van der Waals surface area contributed by atoms with Crippen molar-refractivity contribution < 1.29 is 18.3 Å². The second-order valence-electron chi connectivity index (χ2n) is 2.75. The second kappa shape index (κ2) is 5.20. The summed E-state index contributed by atoms with van der Waals surface area (Å²) in [6.07, 6.45) is -2.77. The molecule has 0 bridgehead atoms. The fourth-order valence-electron chi connectivity index (χ4n) is 1.04. The number of hydrogen-bond acceptors (Lipinski definition) is 3. The van der Waals surface area contributed by atoms with Gasteiger partial charge in [-0.2, -0.15) is 5.10 Å². The topological polar surface area (TPSA) is 44.1 Å². The van der Waals surface area contributed by atoms with Crippen molar-refractivity contribution in [2.24, 2.45) is 0 Å². The van der Waals surface area contributed by atoms with E-state index >= 15 is 0 Å². The monoisotopic (exact) mass is 282 g/mol. The molecule has 0 aromatic carbocycles. The molecule has 0 aliphatic rings. The number of aryl methyl sites for hydroxylation is 1. The van der Waals surface area contributed by atoms with Gasteiger partial charge >= 0.3 is 5.97 Å². The highest BCUT2D eigenvalue weighted by molar-refractivity contribution is 9.10. The number of methoxy groups -OCH3 is 1. The Morgan fingerprint density at radius 1 is 1.73 bits per heavy atom. The minimum atomic E-state index is -2.42. The molecule has 0 fully saturated rings. The van der Waals surface area contributed by atoms with Crippen molar-refractivity contribution in [2.45, 2.75) is 19.4 Å². The molecule has 0 atom stereocenters. The predicted molar refractivity (Wildman–Crippen MR) is 51.9 cm³/mol. The first kappa shape index (κ1) is 12.1. The molecular weight excluding hydrogens is 274 g/mol. The van der Waals surface area contributed by atoms with Crippen LogP contribution < -0.4 is 0 Å². The van der Waals surface area contributed by atoms with Crippen molar-refractivity contribution in [1.29, 1.82) is 0 Å². The van der Waals surface area contributed by atoms with Gasteiger partial charge in [0, 0.05) is 19.0 Å². The molecule has 0 spiro atoms. The van der Waals surface area contributed by atoms with Crippen molar-refractivity contribution in [3.05, 3.63) is 16.4 Å². The summed E-state index contributed by atoms with van der Waals surface area (Å²) in [6, 6.07) is 1.43. The summed E-state index contributed by atoms with van der Waals surface area (Å²) in [5.41, 5.74) is 0.157. The molecule has 15 heavy (non-hydrogen) atoms. The highest BCUT2D eigenvalue weighted by Gasteiger charge is 2.15. The van der Waals surface area contributed by atoms with Crippen LogP contribution in [0.15, 0.2) is 10.7 Å². The third-order valence-corrected chi connectivity index (χ3v) is 2.09. The first-order valence-electron chi connectivity index (χ1n) is 4.14. The molecule has 7 heteroatoms. The van der Waals surface area contributed by atoms with Gasteiger partial charge in [-0.15, -0.1) is 0 Å². The van der Waals surface area contributed by atoms with Crippen LogP contribution in [0.5, 0.6) is 0 Å². The number of rotatable bonds is 4. The Hall–Kier alpha value is -0.980. The van der Waals surface area contributed by atoms with Crippen LogP contribution >= 0.6 is 15.9 Å². The first-order valence-corrected chi connectivity index (χ1v) is 4.93. The van der Waals surface area contributed by atoms with E-state index in [2.05, 4.69) is 25.8 Å². The van der Waals surface area contributed by atoms with Gasteiger partial charge in [0.1, 0.15) is 10.3 Å². The summed E-state index contributed by atoms with van der Waals surface area (Å²) in [5, 5.41) is 3.85. The van der Waals surface area contributed by atoms with Crippen LogP contribution in [-0.2, 0) is 11.3 Å². The van der Waals surface area contributed by atoms with Gasteiger partial charge in [0.25, 0.3) is 0 Å². The first-order chi connectivity index (χ1) is 7.04. The Labute approximate surface area is 93.3 Å². The van der Waals surface area contributed by atoms with Crippen LogP contribution in [0, 0.1) is 0 Å². The fraction of sp³-hybridized carbons (Fsp3) is 0.500. The molecule has 84 valence electrons. The Balaban J connectivity index is 2.81. The van der Waals surface area contributed by atoms with Crippen LogP contribution in [0.4, 0.5) is 8.78 Å². The molecule has 1 aromatic rings. The average molecular weight is 283 g/mol. The summed E-state index contributed by atoms with van der Waals surface area (Å²) in [4.78, 5) is 11.2. The van der Waals surface area contributed by atoms with Gasteiger partial charge in [-0.3, -0.25) is 4.68 Å². The molecule has 1 heterocycles. The molecular formula is C8H9BrF2N2O2. The fourth-order valence-corrected chi connectivity index (χ4v) is 1.45. The SMILES string of the molecule is COC(=O)c1cc(Br)nn1CCC(F)F. The lowest BCUT2D eigenvalue weighted by atomic mass is 10.4. The number of nitrogens with zero attached hydrogens (tertiary/aromatic N) is 2. The number of aromatic nitrogens is 2. The Morgan fingerprint density at radius 3 is 2.93 bits per heavy atom. The Bertz CT molecular complexity index is 354. The van der Waals surface area contributed by atoms with Crippen LogP contribution in [-0.4, -0.2) is 29.3 Å². The zero-order chi connectivity index (χ0) is 11.4. The smallest absolute Gasteiger partial charge is 0.356 e. The predicted octanol–water partition coefficient (Wildman–Crippen LogP) is 2.09. The molecule has 0 amide bonds. The molecule has 1 aromatic heterocycles. The molecule has 4 nitrogen and oxygen atoms in total. The van der Waals surface area contributed by atoms with Gasteiger partial charge in [0.2, 0.25) is 6.43 Å². The number of halogens is 3. The van der Waals surface area contributed by atoms with Crippen LogP contribution in [0.1, 0.15) is 16.9 Å². The van der Waals surface area contributed by atoms with Gasteiger partial charge in [-0.05, 0) is 15.9 Å². The highest BCUT2D eigenvalue weighted by atomic mass is 79.9. The molecule has 0 saturated heterocycles. The number of carbonyl (C=O) groups excluding carboxylic acids is 1. The van der Waals surface area contributed by atoms with E-state index in [9.17, 15) is 13.6 Å². The lowest BCUT2D eigenvalue weighted by molar-refractivity contribution is 0.0582. The molecule has 0 unspecified atom stereocenters. The maximum absolute atomic E-state index is 12.0. The third kappa shape index (κ3) is 3.26. The van der Waals surface area contributed by atoms with Crippen LogP contribution in [0.2, 0.25) is 0 Å². The normalized spacial score (nSPS) is 10.7. The Morgan fingerprint density at radius 2 is 2.40 bits per heavy atom.